The summed E-state index contributed by atoms with van der Waals surface area (Å²) in [6, 6.07) is 5.71. The molecule has 0 aromatic heterocycles. The van der Waals surface area contributed by atoms with E-state index in [9.17, 15) is 26.4 Å². The van der Waals surface area contributed by atoms with Crippen molar-refractivity contribution in [2.24, 2.45) is 0 Å². The molecular weight excluding hydrogens is 359 g/mol. The van der Waals surface area contributed by atoms with E-state index in [-0.39, 0.29) is 5.75 Å². The predicted molar refractivity (Wildman–Crippen MR) is 85.1 cm³/mol. The highest BCUT2D eigenvalue weighted by Crippen LogP contribution is 2.30. The number of benzene rings is 1. The molecule has 0 N–H and O–H groups in total. The van der Waals surface area contributed by atoms with Crippen molar-refractivity contribution < 1.29 is 30.6 Å². The average molecular weight is 377 g/mol. The van der Waals surface area contributed by atoms with Gasteiger partial charge in [-0.2, -0.15) is 21.6 Å². The first-order chi connectivity index (χ1) is 11.7. The predicted octanol–water partition coefficient (Wildman–Crippen LogP) is 3.37. The molecule has 0 fully saturated rings. The molecule has 0 aliphatic carbocycles. The number of hydrogen-bond acceptors (Lipinski definition) is 4. The molecule has 1 aliphatic heterocycles. The standard InChI is InChI=1S/C16H18F3NO4S/c17-16(18,19)25(22,23)24-15-10-2-1-6-13(15)7-5-9-14-8-3-4-11-20(14)12-21/h1-2,6,8,10,12H,3-5,7,9,11H2. The SMILES string of the molecule is O=CN1CCCC=C1CCCc1ccccc1OS(=O)(=O)C(F)(F)F. The van der Waals surface area contributed by atoms with E-state index in [1.807, 2.05) is 6.08 Å². The third-order valence-corrected chi connectivity index (χ3v) is 4.78. The van der Waals surface area contributed by atoms with E-state index in [0.717, 1.165) is 24.9 Å². The van der Waals surface area contributed by atoms with Crippen molar-refractivity contribution in [3.63, 3.8) is 0 Å². The maximum atomic E-state index is 12.5. The molecule has 5 nitrogen and oxygen atoms in total. The van der Waals surface area contributed by atoms with E-state index in [4.69, 9.17) is 0 Å². The van der Waals surface area contributed by atoms with Gasteiger partial charge in [0.05, 0.1) is 0 Å². The second-order valence-corrected chi connectivity index (χ2v) is 7.12. The largest absolute Gasteiger partial charge is 0.534 e. The van der Waals surface area contributed by atoms with Crippen LogP contribution in [-0.4, -0.2) is 31.8 Å². The monoisotopic (exact) mass is 377 g/mol. The summed E-state index contributed by atoms with van der Waals surface area (Å²) in [5, 5.41) is 0. The van der Waals surface area contributed by atoms with E-state index in [0.29, 0.717) is 31.4 Å². The van der Waals surface area contributed by atoms with Crippen molar-refractivity contribution in [3.8, 4) is 5.75 Å². The fourth-order valence-electron chi connectivity index (χ4n) is 2.57. The van der Waals surface area contributed by atoms with Gasteiger partial charge in [0.25, 0.3) is 0 Å². The van der Waals surface area contributed by atoms with Crippen molar-refractivity contribution in [2.75, 3.05) is 6.54 Å². The zero-order chi connectivity index (χ0) is 18.5. The van der Waals surface area contributed by atoms with Gasteiger partial charge in [-0.3, -0.25) is 4.79 Å². The summed E-state index contributed by atoms with van der Waals surface area (Å²) in [4.78, 5) is 12.6. The summed E-state index contributed by atoms with van der Waals surface area (Å²) in [6.07, 6.45) is 5.94. The van der Waals surface area contributed by atoms with Crippen LogP contribution in [0.1, 0.15) is 31.2 Å². The molecule has 9 heteroatoms. The number of allylic oxidation sites excluding steroid dienone is 2. The minimum Gasteiger partial charge on any atom is -0.376 e. The van der Waals surface area contributed by atoms with Gasteiger partial charge in [-0.05, 0) is 43.7 Å². The second kappa shape index (κ2) is 7.90. The number of carbonyl (C=O) groups is 1. The molecule has 1 aromatic rings. The maximum absolute atomic E-state index is 12.5. The Kier molecular flexibility index (Phi) is 6.10. The number of hydrogen-bond donors (Lipinski definition) is 0. The van der Waals surface area contributed by atoms with Gasteiger partial charge >= 0.3 is 15.6 Å². The summed E-state index contributed by atoms with van der Waals surface area (Å²) in [5.74, 6) is -0.329. The molecule has 2 rings (SSSR count). The number of rotatable bonds is 7. The lowest BCUT2D eigenvalue weighted by Crippen LogP contribution is -2.28. The molecule has 25 heavy (non-hydrogen) atoms. The Hall–Kier alpha value is -2.03. The van der Waals surface area contributed by atoms with Gasteiger partial charge < -0.3 is 9.08 Å². The summed E-state index contributed by atoms with van der Waals surface area (Å²) in [5.41, 5.74) is -4.23. The van der Waals surface area contributed by atoms with Crippen molar-refractivity contribution in [3.05, 3.63) is 41.6 Å². The van der Waals surface area contributed by atoms with Crippen LogP contribution in [0.15, 0.2) is 36.0 Å². The van der Waals surface area contributed by atoms with Crippen molar-refractivity contribution in [1.29, 1.82) is 0 Å². The van der Waals surface area contributed by atoms with Crippen LogP contribution in [0.4, 0.5) is 13.2 Å². The summed E-state index contributed by atoms with van der Waals surface area (Å²) >= 11 is 0. The Labute approximate surface area is 144 Å². The average Bonchev–Trinajstić information content (AvgIpc) is 2.55. The fraction of sp³-hybridized carbons (Fsp3) is 0.438. The zero-order valence-corrected chi connectivity index (χ0v) is 14.1. The van der Waals surface area contributed by atoms with E-state index in [1.54, 1.807) is 11.0 Å². The van der Waals surface area contributed by atoms with Crippen LogP contribution < -0.4 is 4.18 Å². The highest BCUT2D eigenvalue weighted by atomic mass is 32.2. The Morgan fingerprint density at radius 2 is 1.92 bits per heavy atom. The summed E-state index contributed by atoms with van der Waals surface area (Å²) in [6.45, 7) is 0.652. The van der Waals surface area contributed by atoms with Gasteiger partial charge in [0.1, 0.15) is 5.75 Å². The van der Waals surface area contributed by atoms with Crippen LogP contribution in [0.5, 0.6) is 5.75 Å². The fourth-order valence-corrected chi connectivity index (χ4v) is 3.07. The topological polar surface area (TPSA) is 63.7 Å². The Balaban J connectivity index is 2.04. The van der Waals surface area contributed by atoms with Crippen LogP contribution in [0.25, 0.3) is 0 Å². The third-order valence-electron chi connectivity index (χ3n) is 3.81. The van der Waals surface area contributed by atoms with Crippen LogP contribution >= 0.6 is 0 Å². The molecule has 138 valence electrons. The first-order valence-electron chi connectivity index (χ1n) is 7.74. The van der Waals surface area contributed by atoms with Gasteiger partial charge in [-0.25, -0.2) is 0 Å². The van der Waals surface area contributed by atoms with Gasteiger partial charge in [0.2, 0.25) is 6.41 Å². The molecule has 0 spiro atoms. The number of para-hydroxylation sites is 1. The molecule has 0 saturated heterocycles. The molecule has 1 heterocycles. The molecule has 0 saturated carbocycles. The number of halogens is 3. The number of aryl methyl sites for hydroxylation is 1. The van der Waals surface area contributed by atoms with Gasteiger partial charge in [0, 0.05) is 12.2 Å². The normalized spacial score (nSPS) is 15.6. The van der Waals surface area contributed by atoms with Crippen LogP contribution in [0.3, 0.4) is 0 Å². The summed E-state index contributed by atoms with van der Waals surface area (Å²) in [7, 11) is -5.70. The molecule has 0 atom stereocenters. The van der Waals surface area contributed by atoms with Gasteiger partial charge in [-0.15, -0.1) is 0 Å². The summed E-state index contributed by atoms with van der Waals surface area (Å²) < 4.78 is 64.0. The van der Waals surface area contributed by atoms with Gasteiger partial charge in [-0.1, -0.05) is 24.3 Å². The Bertz CT molecular complexity index is 744. The van der Waals surface area contributed by atoms with E-state index >= 15 is 0 Å². The number of nitrogens with zero attached hydrogens (tertiary/aromatic N) is 1. The first-order valence-corrected chi connectivity index (χ1v) is 9.15. The Morgan fingerprint density at radius 3 is 2.60 bits per heavy atom. The van der Waals surface area contributed by atoms with E-state index < -0.39 is 15.6 Å². The highest BCUT2D eigenvalue weighted by molar-refractivity contribution is 7.88. The smallest absolute Gasteiger partial charge is 0.376 e. The van der Waals surface area contributed by atoms with Crippen molar-refractivity contribution in [1.82, 2.24) is 4.90 Å². The van der Waals surface area contributed by atoms with Crippen LogP contribution in [0, 0.1) is 0 Å². The van der Waals surface area contributed by atoms with Crippen molar-refractivity contribution >= 4 is 16.5 Å². The maximum Gasteiger partial charge on any atom is 0.534 e. The first kappa shape index (κ1) is 19.3. The quantitative estimate of drug-likeness (QED) is 0.415. The molecular formula is C16H18F3NO4S. The molecule has 0 radical (unpaired) electrons. The molecule has 1 aromatic carbocycles. The highest BCUT2D eigenvalue weighted by Gasteiger charge is 2.48. The lowest BCUT2D eigenvalue weighted by atomic mass is 10.0. The number of amides is 1. The van der Waals surface area contributed by atoms with E-state index in [2.05, 4.69) is 4.18 Å². The van der Waals surface area contributed by atoms with E-state index in [1.165, 1.54) is 18.2 Å². The molecule has 1 amide bonds. The Morgan fingerprint density at radius 1 is 1.20 bits per heavy atom. The lowest BCUT2D eigenvalue weighted by molar-refractivity contribution is -0.116. The molecule has 0 unspecified atom stereocenters. The van der Waals surface area contributed by atoms with Crippen LogP contribution in [-0.2, 0) is 21.3 Å². The van der Waals surface area contributed by atoms with Gasteiger partial charge in [0.15, 0.2) is 0 Å². The van der Waals surface area contributed by atoms with Crippen molar-refractivity contribution in [2.45, 2.75) is 37.6 Å². The number of alkyl halides is 3. The number of carbonyl (C=O) groups excluding carboxylic acids is 1. The third kappa shape index (κ3) is 4.97. The molecule has 1 aliphatic rings. The minimum atomic E-state index is -5.70. The lowest BCUT2D eigenvalue weighted by Gasteiger charge is -2.24. The zero-order valence-electron chi connectivity index (χ0n) is 13.3. The second-order valence-electron chi connectivity index (χ2n) is 5.58. The minimum absolute atomic E-state index is 0.327. The van der Waals surface area contributed by atoms with Crippen LogP contribution in [0.2, 0.25) is 0 Å². The molecule has 0 bridgehead atoms.